The van der Waals surface area contributed by atoms with Gasteiger partial charge in [0, 0.05) is 13.0 Å². The number of alkyl halides is 3. The van der Waals surface area contributed by atoms with Gasteiger partial charge in [-0.25, -0.2) is 0 Å². The number of halogens is 3. The van der Waals surface area contributed by atoms with Crippen LogP contribution in [0.2, 0.25) is 0 Å². The summed E-state index contributed by atoms with van der Waals surface area (Å²) in [6.45, 7) is 1.13. The zero-order valence-corrected chi connectivity index (χ0v) is 9.76. The van der Waals surface area contributed by atoms with Gasteiger partial charge in [-0.15, -0.1) is 0 Å². The zero-order chi connectivity index (χ0) is 12.9. The number of carbonyl (C=O) groups excluding carboxylic acids is 1. The molecule has 0 aromatic carbocycles. The summed E-state index contributed by atoms with van der Waals surface area (Å²) >= 11 is 0. The van der Waals surface area contributed by atoms with E-state index in [1.807, 2.05) is 0 Å². The highest BCUT2D eigenvalue weighted by atomic mass is 19.4. The van der Waals surface area contributed by atoms with Gasteiger partial charge in [0.15, 0.2) is 0 Å². The third kappa shape index (κ3) is 5.91. The summed E-state index contributed by atoms with van der Waals surface area (Å²) in [6.07, 6.45) is -3.73. The maximum atomic E-state index is 12.5. The average molecular weight is 254 g/mol. The molecule has 100 valence electrons. The number of hydrogen-bond donors (Lipinski definition) is 0. The second-order valence-corrected chi connectivity index (χ2v) is 4.18. The molecule has 1 fully saturated rings. The molecule has 0 saturated heterocycles. The number of esters is 1. The van der Waals surface area contributed by atoms with Crippen LogP contribution in [0.1, 0.15) is 32.6 Å². The molecule has 1 atom stereocenters. The van der Waals surface area contributed by atoms with E-state index in [0.29, 0.717) is 12.5 Å². The van der Waals surface area contributed by atoms with Crippen molar-refractivity contribution in [3.05, 3.63) is 0 Å². The van der Waals surface area contributed by atoms with E-state index in [1.54, 1.807) is 0 Å². The maximum absolute atomic E-state index is 12.5. The van der Waals surface area contributed by atoms with Gasteiger partial charge in [-0.3, -0.25) is 4.79 Å². The highest BCUT2D eigenvalue weighted by Crippen LogP contribution is 2.32. The highest BCUT2D eigenvalue weighted by molar-refractivity contribution is 5.69. The van der Waals surface area contributed by atoms with E-state index in [2.05, 4.69) is 4.74 Å². The SMILES string of the molecule is CCC(=O)OC(COCCC1CC1)C(F)(F)F. The van der Waals surface area contributed by atoms with E-state index in [0.717, 1.165) is 19.3 Å². The van der Waals surface area contributed by atoms with Crippen molar-refractivity contribution in [3.8, 4) is 0 Å². The lowest BCUT2D eigenvalue weighted by Crippen LogP contribution is -2.37. The van der Waals surface area contributed by atoms with Gasteiger partial charge in [-0.1, -0.05) is 19.8 Å². The molecule has 1 aliphatic carbocycles. The fourth-order valence-electron chi connectivity index (χ4n) is 1.28. The van der Waals surface area contributed by atoms with Crippen LogP contribution < -0.4 is 0 Å². The standard InChI is InChI=1S/C11H17F3O3/c1-2-10(15)17-9(11(12,13)14)7-16-6-5-8-3-4-8/h8-9H,2-7H2,1H3. The van der Waals surface area contributed by atoms with Crippen LogP contribution in [0.15, 0.2) is 0 Å². The monoisotopic (exact) mass is 254 g/mol. The Hall–Kier alpha value is -0.780. The third-order valence-corrected chi connectivity index (χ3v) is 2.56. The van der Waals surface area contributed by atoms with Crippen LogP contribution in [0.4, 0.5) is 13.2 Å². The topological polar surface area (TPSA) is 35.5 Å². The third-order valence-electron chi connectivity index (χ3n) is 2.56. The van der Waals surface area contributed by atoms with Crippen molar-refractivity contribution in [1.29, 1.82) is 0 Å². The second-order valence-electron chi connectivity index (χ2n) is 4.18. The molecule has 0 aliphatic heterocycles. The fourth-order valence-corrected chi connectivity index (χ4v) is 1.28. The largest absolute Gasteiger partial charge is 0.450 e. The molecule has 0 radical (unpaired) electrons. The minimum absolute atomic E-state index is 0.0747. The van der Waals surface area contributed by atoms with Crippen LogP contribution in [0.5, 0.6) is 0 Å². The molecule has 1 rings (SSSR count). The molecule has 0 amide bonds. The molecule has 1 saturated carbocycles. The van der Waals surface area contributed by atoms with Crippen molar-refractivity contribution < 1.29 is 27.4 Å². The Morgan fingerprint density at radius 1 is 1.41 bits per heavy atom. The van der Waals surface area contributed by atoms with Gasteiger partial charge in [-0.2, -0.15) is 13.2 Å². The van der Waals surface area contributed by atoms with E-state index in [9.17, 15) is 18.0 Å². The molecule has 1 aliphatic rings. The minimum atomic E-state index is -4.57. The normalized spacial score (nSPS) is 17.9. The highest BCUT2D eigenvalue weighted by Gasteiger charge is 2.42. The first kappa shape index (κ1) is 14.3. The van der Waals surface area contributed by atoms with Crippen molar-refractivity contribution in [2.75, 3.05) is 13.2 Å². The van der Waals surface area contributed by atoms with E-state index >= 15 is 0 Å². The Balaban J connectivity index is 2.26. The average Bonchev–Trinajstić information content (AvgIpc) is 3.04. The smallest absolute Gasteiger partial charge is 0.427 e. The molecule has 6 heteroatoms. The van der Waals surface area contributed by atoms with Gasteiger partial charge >= 0.3 is 12.1 Å². The van der Waals surface area contributed by atoms with Crippen LogP contribution in [0.3, 0.4) is 0 Å². The van der Waals surface area contributed by atoms with Crippen LogP contribution in [-0.4, -0.2) is 31.5 Å². The Labute approximate surface area is 98.3 Å². The van der Waals surface area contributed by atoms with E-state index < -0.39 is 24.9 Å². The van der Waals surface area contributed by atoms with Gasteiger partial charge in [0.1, 0.15) is 0 Å². The van der Waals surface area contributed by atoms with Gasteiger partial charge < -0.3 is 9.47 Å². The van der Waals surface area contributed by atoms with E-state index in [1.165, 1.54) is 6.92 Å². The molecule has 0 heterocycles. The van der Waals surface area contributed by atoms with Gasteiger partial charge in [0.2, 0.25) is 6.10 Å². The zero-order valence-electron chi connectivity index (χ0n) is 9.76. The quantitative estimate of drug-likeness (QED) is 0.517. The predicted molar refractivity (Wildman–Crippen MR) is 54.4 cm³/mol. The molecular weight excluding hydrogens is 237 g/mol. The van der Waals surface area contributed by atoms with Crippen LogP contribution >= 0.6 is 0 Å². The molecule has 0 N–H and O–H groups in total. The lowest BCUT2D eigenvalue weighted by molar-refractivity contribution is -0.232. The van der Waals surface area contributed by atoms with Crippen molar-refractivity contribution in [3.63, 3.8) is 0 Å². The fraction of sp³-hybridized carbons (Fsp3) is 0.909. The van der Waals surface area contributed by atoms with Crippen LogP contribution in [-0.2, 0) is 14.3 Å². The summed E-state index contributed by atoms with van der Waals surface area (Å²) in [5.74, 6) is -0.254. The second kappa shape index (κ2) is 6.23. The van der Waals surface area contributed by atoms with Crippen LogP contribution in [0, 0.1) is 5.92 Å². The number of rotatable bonds is 7. The summed E-state index contributed by atoms with van der Waals surface area (Å²) in [5, 5.41) is 0. The van der Waals surface area contributed by atoms with E-state index in [4.69, 9.17) is 4.74 Å². The first-order chi connectivity index (χ1) is 7.93. The molecule has 0 aromatic rings. The minimum Gasteiger partial charge on any atom is -0.450 e. The summed E-state index contributed by atoms with van der Waals surface area (Å²) < 4.78 is 46.6. The van der Waals surface area contributed by atoms with E-state index in [-0.39, 0.29) is 6.42 Å². The Morgan fingerprint density at radius 3 is 2.53 bits per heavy atom. The molecule has 17 heavy (non-hydrogen) atoms. The Morgan fingerprint density at radius 2 is 2.06 bits per heavy atom. The summed E-state index contributed by atoms with van der Waals surface area (Å²) in [7, 11) is 0. The van der Waals surface area contributed by atoms with Gasteiger partial charge in [0.25, 0.3) is 0 Å². The molecular formula is C11H17F3O3. The number of ether oxygens (including phenoxy) is 2. The Kier molecular flexibility index (Phi) is 5.24. The molecule has 0 spiro atoms. The number of carbonyl (C=O) groups is 1. The molecule has 0 aromatic heterocycles. The van der Waals surface area contributed by atoms with Crippen molar-refractivity contribution >= 4 is 5.97 Å². The Bertz CT molecular complexity index is 249. The van der Waals surface area contributed by atoms with Gasteiger partial charge in [-0.05, 0) is 12.3 Å². The first-order valence-corrected chi connectivity index (χ1v) is 5.77. The summed E-state index contributed by atoms with van der Waals surface area (Å²) in [4.78, 5) is 10.8. The lowest BCUT2D eigenvalue weighted by Gasteiger charge is -2.20. The predicted octanol–water partition coefficient (Wildman–Crippen LogP) is 2.69. The van der Waals surface area contributed by atoms with Crippen molar-refractivity contribution in [2.45, 2.75) is 44.9 Å². The first-order valence-electron chi connectivity index (χ1n) is 5.77. The van der Waals surface area contributed by atoms with Crippen LogP contribution in [0.25, 0.3) is 0 Å². The molecule has 3 nitrogen and oxygen atoms in total. The van der Waals surface area contributed by atoms with Crippen molar-refractivity contribution in [2.24, 2.45) is 5.92 Å². The summed E-state index contributed by atoms with van der Waals surface area (Å²) in [6, 6.07) is 0. The lowest BCUT2D eigenvalue weighted by atomic mass is 10.3. The molecule has 0 bridgehead atoms. The molecule has 1 unspecified atom stereocenters. The maximum Gasteiger partial charge on any atom is 0.427 e. The number of hydrogen-bond acceptors (Lipinski definition) is 3. The van der Waals surface area contributed by atoms with Gasteiger partial charge in [0.05, 0.1) is 6.61 Å². The summed E-state index contributed by atoms with van der Waals surface area (Å²) in [5.41, 5.74) is 0. The van der Waals surface area contributed by atoms with Crippen molar-refractivity contribution in [1.82, 2.24) is 0 Å².